The lowest BCUT2D eigenvalue weighted by Crippen LogP contribution is -2.45. The van der Waals surface area contributed by atoms with Crippen LogP contribution in [0.15, 0.2) is 21.2 Å². The average molecular weight is 232 g/mol. The third-order valence-electron chi connectivity index (χ3n) is 1.83. The standard InChI is InChI=1S/C8H10BrNO2/c9-8-2-1-7(12-8)3-10-6-4-11-5-6/h1-2,6,10H,3-5H2. The van der Waals surface area contributed by atoms with Crippen LogP contribution in [0.4, 0.5) is 0 Å². The Balaban J connectivity index is 1.79. The van der Waals surface area contributed by atoms with Gasteiger partial charge in [-0.2, -0.15) is 0 Å². The Kier molecular flexibility index (Phi) is 2.48. The normalized spacial score (nSPS) is 17.8. The Hall–Kier alpha value is -0.320. The minimum Gasteiger partial charge on any atom is -0.453 e. The van der Waals surface area contributed by atoms with Gasteiger partial charge >= 0.3 is 0 Å². The van der Waals surface area contributed by atoms with E-state index < -0.39 is 0 Å². The van der Waals surface area contributed by atoms with Crippen LogP contribution in [0.5, 0.6) is 0 Å². The Morgan fingerprint density at radius 1 is 1.50 bits per heavy atom. The molecule has 0 spiro atoms. The number of rotatable bonds is 3. The van der Waals surface area contributed by atoms with E-state index in [1.165, 1.54) is 0 Å². The van der Waals surface area contributed by atoms with E-state index in [1.807, 2.05) is 12.1 Å². The first-order valence-corrected chi connectivity index (χ1v) is 4.69. The number of hydrogen-bond donors (Lipinski definition) is 1. The summed E-state index contributed by atoms with van der Waals surface area (Å²) in [6.07, 6.45) is 0. The first-order valence-electron chi connectivity index (χ1n) is 3.90. The molecule has 1 aromatic rings. The van der Waals surface area contributed by atoms with Crippen LogP contribution < -0.4 is 5.32 Å². The molecule has 0 radical (unpaired) electrons. The molecule has 1 aromatic heterocycles. The van der Waals surface area contributed by atoms with E-state index in [2.05, 4.69) is 21.2 Å². The van der Waals surface area contributed by atoms with E-state index >= 15 is 0 Å². The summed E-state index contributed by atoms with van der Waals surface area (Å²) in [5, 5.41) is 3.31. The van der Waals surface area contributed by atoms with Gasteiger partial charge in [0, 0.05) is 0 Å². The van der Waals surface area contributed by atoms with Gasteiger partial charge in [-0.1, -0.05) is 0 Å². The first-order chi connectivity index (χ1) is 5.84. The van der Waals surface area contributed by atoms with Crippen LogP contribution in [0, 0.1) is 0 Å². The van der Waals surface area contributed by atoms with Gasteiger partial charge in [-0.25, -0.2) is 0 Å². The van der Waals surface area contributed by atoms with E-state index in [1.54, 1.807) is 0 Å². The summed E-state index contributed by atoms with van der Waals surface area (Å²) in [6.45, 7) is 2.42. The quantitative estimate of drug-likeness (QED) is 0.858. The van der Waals surface area contributed by atoms with Gasteiger partial charge in [0.25, 0.3) is 0 Å². The number of furan rings is 1. The summed E-state index contributed by atoms with van der Waals surface area (Å²) < 4.78 is 11.1. The highest BCUT2D eigenvalue weighted by Gasteiger charge is 2.17. The third-order valence-corrected chi connectivity index (χ3v) is 2.26. The molecule has 3 nitrogen and oxygen atoms in total. The highest BCUT2D eigenvalue weighted by Crippen LogP contribution is 2.14. The Morgan fingerprint density at radius 2 is 2.33 bits per heavy atom. The lowest BCUT2D eigenvalue weighted by molar-refractivity contribution is -0.00644. The van der Waals surface area contributed by atoms with Crippen molar-refractivity contribution in [3.8, 4) is 0 Å². The number of ether oxygens (including phenoxy) is 1. The largest absolute Gasteiger partial charge is 0.453 e. The maximum Gasteiger partial charge on any atom is 0.169 e. The lowest BCUT2D eigenvalue weighted by atomic mass is 10.2. The molecule has 0 unspecified atom stereocenters. The van der Waals surface area contributed by atoms with Crippen molar-refractivity contribution in [2.45, 2.75) is 12.6 Å². The summed E-state index contributed by atoms with van der Waals surface area (Å²) in [7, 11) is 0. The van der Waals surface area contributed by atoms with Crippen LogP contribution in [-0.4, -0.2) is 19.3 Å². The molecule has 12 heavy (non-hydrogen) atoms. The Labute approximate surface area is 79.2 Å². The highest BCUT2D eigenvalue weighted by atomic mass is 79.9. The Bertz CT molecular complexity index is 257. The summed E-state index contributed by atoms with van der Waals surface area (Å²) >= 11 is 3.25. The monoisotopic (exact) mass is 231 g/mol. The van der Waals surface area contributed by atoms with Crippen LogP contribution in [0.3, 0.4) is 0 Å². The molecule has 0 amide bonds. The van der Waals surface area contributed by atoms with Gasteiger partial charge in [-0.15, -0.1) is 0 Å². The summed E-state index contributed by atoms with van der Waals surface area (Å²) in [4.78, 5) is 0. The van der Waals surface area contributed by atoms with E-state index in [9.17, 15) is 0 Å². The van der Waals surface area contributed by atoms with Gasteiger partial charge in [0.05, 0.1) is 25.8 Å². The maximum absolute atomic E-state index is 5.32. The van der Waals surface area contributed by atoms with Gasteiger partial charge < -0.3 is 14.5 Å². The highest BCUT2D eigenvalue weighted by molar-refractivity contribution is 9.10. The van der Waals surface area contributed by atoms with E-state index in [0.29, 0.717) is 6.04 Å². The third kappa shape index (κ3) is 1.88. The molecular formula is C8H10BrNO2. The SMILES string of the molecule is Brc1ccc(CNC2COC2)o1. The van der Waals surface area contributed by atoms with Gasteiger partial charge in [0.1, 0.15) is 5.76 Å². The minimum atomic E-state index is 0.508. The van der Waals surface area contributed by atoms with Gasteiger partial charge in [0.2, 0.25) is 0 Å². The van der Waals surface area contributed by atoms with E-state index in [0.717, 1.165) is 30.2 Å². The minimum absolute atomic E-state index is 0.508. The molecule has 1 saturated heterocycles. The molecule has 1 aliphatic rings. The molecule has 0 saturated carbocycles. The molecule has 0 atom stereocenters. The van der Waals surface area contributed by atoms with Crippen LogP contribution >= 0.6 is 15.9 Å². The van der Waals surface area contributed by atoms with E-state index in [4.69, 9.17) is 9.15 Å². The molecule has 4 heteroatoms. The van der Waals surface area contributed by atoms with E-state index in [-0.39, 0.29) is 0 Å². The van der Waals surface area contributed by atoms with Crippen molar-refractivity contribution in [2.24, 2.45) is 0 Å². The topological polar surface area (TPSA) is 34.4 Å². The van der Waals surface area contributed by atoms with Gasteiger partial charge in [-0.3, -0.25) is 0 Å². The molecule has 1 aliphatic heterocycles. The summed E-state index contributed by atoms with van der Waals surface area (Å²) in [5.74, 6) is 0.953. The molecule has 2 heterocycles. The molecule has 0 aromatic carbocycles. The van der Waals surface area contributed by atoms with Crippen molar-refractivity contribution < 1.29 is 9.15 Å². The first kappa shape index (κ1) is 8.29. The molecular weight excluding hydrogens is 222 g/mol. The summed E-state index contributed by atoms with van der Waals surface area (Å²) in [5.41, 5.74) is 0. The second-order valence-corrected chi connectivity index (χ2v) is 3.60. The zero-order chi connectivity index (χ0) is 8.39. The molecule has 2 rings (SSSR count). The number of hydrogen-bond acceptors (Lipinski definition) is 3. The fourth-order valence-electron chi connectivity index (χ4n) is 1.05. The van der Waals surface area contributed by atoms with Crippen molar-refractivity contribution in [3.63, 3.8) is 0 Å². The zero-order valence-corrected chi connectivity index (χ0v) is 8.13. The molecule has 0 bridgehead atoms. The number of nitrogens with one attached hydrogen (secondary N) is 1. The van der Waals surface area contributed by atoms with Crippen molar-refractivity contribution in [3.05, 3.63) is 22.6 Å². The smallest absolute Gasteiger partial charge is 0.169 e. The second-order valence-electron chi connectivity index (χ2n) is 2.82. The molecule has 0 aliphatic carbocycles. The van der Waals surface area contributed by atoms with Crippen LogP contribution in [0.2, 0.25) is 0 Å². The van der Waals surface area contributed by atoms with Crippen molar-refractivity contribution in [1.29, 1.82) is 0 Å². The zero-order valence-electron chi connectivity index (χ0n) is 6.55. The molecule has 1 N–H and O–H groups in total. The fourth-order valence-corrected chi connectivity index (χ4v) is 1.39. The molecule has 66 valence electrons. The van der Waals surface area contributed by atoms with Crippen molar-refractivity contribution in [1.82, 2.24) is 5.32 Å². The molecule has 1 fully saturated rings. The lowest BCUT2D eigenvalue weighted by Gasteiger charge is -2.26. The van der Waals surface area contributed by atoms with Crippen molar-refractivity contribution >= 4 is 15.9 Å². The van der Waals surface area contributed by atoms with Crippen LogP contribution in [0.1, 0.15) is 5.76 Å². The van der Waals surface area contributed by atoms with Crippen molar-refractivity contribution in [2.75, 3.05) is 13.2 Å². The summed E-state index contributed by atoms with van der Waals surface area (Å²) in [6, 6.07) is 4.36. The van der Waals surface area contributed by atoms with Gasteiger partial charge in [0.15, 0.2) is 4.67 Å². The second kappa shape index (κ2) is 3.60. The van der Waals surface area contributed by atoms with Crippen LogP contribution in [0.25, 0.3) is 0 Å². The maximum atomic E-state index is 5.32. The van der Waals surface area contributed by atoms with Gasteiger partial charge in [-0.05, 0) is 28.1 Å². The average Bonchev–Trinajstić information content (AvgIpc) is 2.32. The predicted octanol–water partition coefficient (Wildman–Crippen LogP) is 1.53. The Morgan fingerprint density at radius 3 is 2.83 bits per heavy atom. The van der Waals surface area contributed by atoms with Crippen LogP contribution in [-0.2, 0) is 11.3 Å². The number of halogens is 1. The fraction of sp³-hybridized carbons (Fsp3) is 0.500. The predicted molar refractivity (Wildman–Crippen MR) is 47.9 cm³/mol.